The largest absolute Gasteiger partial charge is 1.00 e. The van der Waals surface area contributed by atoms with E-state index in [1.165, 1.54) is 40.0 Å². The Kier molecular flexibility index (Phi) is 14.1. The molecule has 2 unspecified atom stereocenters. The molecule has 26 heteroatoms. The van der Waals surface area contributed by atoms with Crippen molar-refractivity contribution in [1.82, 2.24) is 19.5 Å². The van der Waals surface area contributed by atoms with Crippen molar-refractivity contribution >= 4 is 38.5 Å². The molecular formula is C21H30N7NaO16P2. The number of anilines is 1. The minimum absolute atomic E-state index is 0. The van der Waals surface area contributed by atoms with Gasteiger partial charge in [0.1, 0.15) is 42.4 Å². The van der Waals surface area contributed by atoms with Crippen LogP contribution in [0.2, 0.25) is 0 Å². The molecule has 0 spiro atoms. The van der Waals surface area contributed by atoms with Crippen molar-refractivity contribution in [2.75, 3.05) is 18.9 Å². The molecule has 0 bridgehead atoms. The Morgan fingerprint density at radius 3 is 2.36 bits per heavy atom. The van der Waals surface area contributed by atoms with E-state index in [0.717, 1.165) is 6.33 Å². The van der Waals surface area contributed by atoms with Crippen LogP contribution in [0.5, 0.6) is 0 Å². The molecule has 256 valence electrons. The number of nitrogens with one attached hydrogen (secondary N) is 1. The number of nitrogen functional groups attached to an aromatic ring is 1. The third-order valence-electron chi connectivity index (χ3n) is 6.72. The van der Waals surface area contributed by atoms with Crippen molar-refractivity contribution in [3.8, 4) is 0 Å². The number of aliphatic hydroxyl groups is 4. The molecule has 0 aromatic carbocycles. The number of phosphoric ester groups is 2. The third kappa shape index (κ3) is 8.93. The van der Waals surface area contributed by atoms with Gasteiger partial charge < -0.3 is 71.4 Å². The number of aromatic nitrogens is 5. The predicted octanol–water partition coefficient (Wildman–Crippen LogP) is -8.71. The van der Waals surface area contributed by atoms with E-state index >= 15 is 0 Å². The van der Waals surface area contributed by atoms with Gasteiger partial charge in [-0.25, -0.2) is 23.8 Å². The van der Waals surface area contributed by atoms with Gasteiger partial charge in [-0.05, 0) is 12.0 Å². The summed E-state index contributed by atoms with van der Waals surface area (Å²) in [5.41, 5.74) is 6.02. The summed E-state index contributed by atoms with van der Waals surface area (Å²) in [4.78, 5) is 34.1. The summed E-state index contributed by atoms with van der Waals surface area (Å²) in [6, 6.07) is 2.72. The predicted molar refractivity (Wildman–Crippen MR) is 143 cm³/mol. The van der Waals surface area contributed by atoms with Gasteiger partial charge in [0.05, 0.1) is 19.5 Å². The van der Waals surface area contributed by atoms with Crippen LogP contribution in [0.3, 0.4) is 0 Å². The number of nitrogens with two attached hydrogens (primary N) is 1. The number of pyridine rings is 1. The van der Waals surface area contributed by atoms with E-state index in [2.05, 4.69) is 28.3 Å². The number of rotatable bonds is 11. The van der Waals surface area contributed by atoms with E-state index in [1.807, 2.05) is 0 Å². The summed E-state index contributed by atoms with van der Waals surface area (Å²) in [7, 11) is -11.1. The van der Waals surface area contributed by atoms with Gasteiger partial charge in [0.15, 0.2) is 36.2 Å². The first-order chi connectivity index (χ1) is 20.7. The third-order valence-corrected chi connectivity index (χ3v) is 9.28. The molecule has 0 aliphatic carbocycles. The van der Waals surface area contributed by atoms with E-state index in [-0.39, 0.29) is 63.1 Å². The van der Waals surface area contributed by atoms with Crippen LogP contribution < -0.4 is 49.9 Å². The molecule has 0 saturated carbocycles. The number of nitrogens with zero attached hydrogens (tertiary/aromatic N) is 5. The molecule has 2 aliphatic heterocycles. The standard InChI is InChI=1S/C21H27N7O14P2.Na.2H2O/c22-17-12-19(25-7-24-17)28(8-26-12)21-16(32)14(30)11(41-21)6-39-44(36,37)42-43(34,35)38-5-10-13(29)15(31)20(40-10)27-3-1-2-9(4-27)18(23)33;;;/h1-4,7-8,10-11,13-16,20-21,29-32H,5-6H2,(H5-,22,23,24,25,33,34,35,36,37);;2*1H2/q;+1;;/p-1/t10-,11-,13-,14-,15-,16-,20-,21-;;;/m1.../s1. The van der Waals surface area contributed by atoms with Crippen molar-refractivity contribution in [3.63, 3.8) is 0 Å². The van der Waals surface area contributed by atoms with Gasteiger partial charge in [-0.15, -0.1) is 0 Å². The first kappa shape index (κ1) is 41.1. The quantitative estimate of drug-likeness (QED) is 0.0318. The van der Waals surface area contributed by atoms with Crippen LogP contribution in [0.25, 0.3) is 11.2 Å². The SMILES string of the molecule is N=C([O-])c1ccc[n+]([C@@H]2O[C@H](COP(=O)(O)OP(=O)([O-])OC[C@H]3O[C@@H](n4cnc5c(N)ncnc54)[C@H](O)[C@@H]3O)[C@@H](O)[C@H]2O)c1.O.O.[Na+]. The molecule has 12 N–H and O–H groups in total. The van der Waals surface area contributed by atoms with Crippen molar-refractivity contribution in [2.45, 2.75) is 49.1 Å². The first-order valence-electron chi connectivity index (χ1n) is 12.5. The second-order valence-electron chi connectivity index (χ2n) is 9.63. The molecule has 3 aromatic heterocycles. The van der Waals surface area contributed by atoms with Crippen molar-refractivity contribution in [3.05, 3.63) is 42.7 Å². The minimum atomic E-state index is -5.63. The maximum atomic E-state index is 12.4. The molecule has 2 fully saturated rings. The summed E-state index contributed by atoms with van der Waals surface area (Å²) in [6.07, 6.45) is -7.24. The number of imidazole rings is 1. The van der Waals surface area contributed by atoms with Crippen LogP contribution in [0.4, 0.5) is 5.82 Å². The van der Waals surface area contributed by atoms with Gasteiger partial charge in [0, 0.05) is 11.6 Å². The maximum Gasteiger partial charge on any atom is 1.00 e. The van der Waals surface area contributed by atoms with Crippen molar-refractivity contribution in [2.24, 2.45) is 0 Å². The Morgan fingerprint density at radius 1 is 1.04 bits per heavy atom. The first-order valence-corrected chi connectivity index (χ1v) is 15.5. The van der Waals surface area contributed by atoms with E-state index in [0.29, 0.717) is 0 Å². The van der Waals surface area contributed by atoms with E-state index in [9.17, 15) is 44.4 Å². The Labute approximate surface area is 285 Å². The molecule has 0 amide bonds. The molecule has 0 radical (unpaired) electrons. The Morgan fingerprint density at radius 2 is 1.68 bits per heavy atom. The Bertz CT molecular complexity index is 1640. The van der Waals surface area contributed by atoms with E-state index < -0.39 is 83.8 Å². The monoisotopic (exact) mass is 721 g/mol. The summed E-state index contributed by atoms with van der Waals surface area (Å²) < 4.78 is 51.4. The molecule has 5 rings (SSSR count). The number of hydrogen-bond acceptors (Lipinski definition) is 18. The molecule has 2 saturated heterocycles. The zero-order chi connectivity index (χ0) is 32.0. The molecule has 47 heavy (non-hydrogen) atoms. The number of phosphoric acid groups is 2. The number of hydrogen-bond donors (Lipinski definition) is 7. The van der Waals surface area contributed by atoms with Crippen LogP contribution in [0.1, 0.15) is 18.0 Å². The number of ether oxygens (including phenoxy) is 2. The fourth-order valence-corrected chi connectivity index (χ4v) is 6.61. The Hall–Kier alpha value is -2.09. The van der Waals surface area contributed by atoms with Gasteiger partial charge in [-0.1, -0.05) is 0 Å². The van der Waals surface area contributed by atoms with Crippen LogP contribution in [-0.4, -0.2) is 112 Å². The molecule has 10 atom stereocenters. The molecule has 3 aromatic rings. The van der Waals surface area contributed by atoms with Crippen molar-refractivity contribution in [1.29, 1.82) is 5.41 Å². The summed E-state index contributed by atoms with van der Waals surface area (Å²) in [5, 5.41) is 60.0. The molecular weight excluding hydrogens is 691 g/mol. The van der Waals surface area contributed by atoms with E-state index in [1.54, 1.807) is 0 Å². The fourth-order valence-electron chi connectivity index (χ4n) is 4.56. The van der Waals surface area contributed by atoms with Gasteiger partial charge in [-0.3, -0.25) is 13.7 Å². The van der Waals surface area contributed by atoms with Crippen molar-refractivity contribution < 1.29 is 112 Å². The van der Waals surface area contributed by atoms with Crippen LogP contribution in [0, 0.1) is 5.41 Å². The van der Waals surface area contributed by atoms with E-state index in [4.69, 9.17) is 20.6 Å². The smallest absolute Gasteiger partial charge is 0.859 e. The zero-order valence-electron chi connectivity index (χ0n) is 24.1. The second kappa shape index (κ2) is 16.1. The zero-order valence-corrected chi connectivity index (χ0v) is 27.9. The van der Waals surface area contributed by atoms with Gasteiger partial charge in [0.25, 0.3) is 14.1 Å². The average Bonchev–Trinajstić information content (AvgIpc) is 3.61. The number of aliphatic hydroxyl groups excluding tert-OH is 4. The minimum Gasteiger partial charge on any atom is -0.859 e. The van der Waals surface area contributed by atoms with Crippen LogP contribution in [0.15, 0.2) is 37.2 Å². The van der Waals surface area contributed by atoms with Gasteiger partial charge >= 0.3 is 37.4 Å². The van der Waals surface area contributed by atoms with Gasteiger partial charge in [0.2, 0.25) is 0 Å². The topological polar surface area (TPSA) is 388 Å². The van der Waals surface area contributed by atoms with Crippen LogP contribution >= 0.6 is 15.6 Å². The maximum absolute atomic E-state index is 12.4. The summed E-state index contributed by atoms with van der Waals surface area (Å²) in [5.74, 6) is -0.981. The molecule has 23 nitrogen and oxygen atoms in total. The normalized spacial score (nSPS) is 29.6. The summed E-state index contributed by atoms with van der Waals surface area (Å²) in [6.45, 7) is -1.90. The Balaban J connectivity index is 0.00000256. The number of fused-ring (bicyclic) bond motifs is 1. The van der Waals surface area contributed by atoms with Crippen LogP contribution in [-0.2, 0) is 32.0 Å². The summed E-state index contributed by atoms with van der Waals surface area (Å²) >= 11 is 0. The fraction of sp³-hybridized carbons (Fsp3) is 0.476. The second-order valence-corrected chi connectivity index (χ2v) is 12.6. The molecule has 2 aliphatic rings. The molecule has 5 heterocycles. The van der Waals surface area contributed by atoms with Gasteiger partial charge in [-0.2, -0.15) is 4.57 Å². The average molecular weight is 721 g/mol.